The van der Waals surface area contributed by atoms with Gasteiger partial charge in [0.05, 0.1) is 14.2 Å². The van der Waals surface area contributed by atoms with Gasteiger partial charge in [-0.3, -0.25) is 9.69 Å². The van der Waals surface area contributed by atoms with Crippen LogP contribution in [0.25, 0.3) is 0 Å². The topological polar surface area (TPSA) is 74.9 Å². The number of halogens is 1. The van der Waals surface area contributed by atoms with Gasteiger partial charge in [0, 0.05) is 5.69 Å². The van der Waals surface area contributed by atoms with Crippen LogP contribution in [0.5, 0.6) is 0 Å². The number of carbonyl (C=O) groups is 1. The van der Waals surface area contributed by atoms with Crippen molar-refractivity contribution in [2.45, 2.75) is 0 Å². The highest BCUT2D eigenvalue weighted by molar-refractivity contribution is 5.96. The summed E-state index contributed by atoms with van der Waals surface area (Å²) in [4.78, 5) is 16.1. The molecule has 0 saturated heterocycles. The first-order chi connectivity index (χ1) is 9.12. The molecule has 0 aromatic heterocycles. The van der Waals surface area contributed by atoms with Gasteiger partial charge < -0.3 is 9.47 Å². The Bertz CT molecular complexity index is 508. The number of nitriles is 1. The van der Waals surface area contributed by atoms with Crippen molar-refractivity contribution in [2.75, 3.05) is 25.7 Å². The van der Waals surface area contributed by atoms with Crippen LogP contribution >= 0.6 is 0 Å². The number of ether oxygens (including phenoxy) is 2. The molecule has 0 radical (unpaired) electrons. The van der Waals surface area contributed by atoms with Crippen molar-refractivity contribution in [2.24, 2.45) is 4.99 Å². The van der Waals surface area contributed by atoms with Crippen LogP contribution < -0.4 is 4.90 Å². The van der Waals surface area contributed by atoms with Gasteiger partial charge in [-0.2, -0.15) is 5.26 Å². The fourth-order valence-electron chi connectivity index (χ4n) is 1.34. The monoisotopic (exact) mass is 265 g/mol. The summed E-state index contributed by atoms with van der Waals surface area (Å²) >= 11 is 0. The van der Waals surface area contributed by atoms with Crippen LogP contribution in [0.3, 0.4) is 0 Å². The maximum atomic E-state index is 12.9. The molecule has 0 aliphatic rings. The highest BCUT2D eigenvalue weighted by Gasteiger charge is 2.18. The Labute approximate surface area is 109 Å². The molecule has 0 spiro atoms. The van der Waals surface area contributed by atoms with Gasteiger partial charge in [-0.1, -0.05) is 0 Å². The van der Waals surface area contributed by atoms with E-state index in [-0.39, 0.29) is 12.6 Å². The standard InChI is InChI=1S/C12H12FN3O3/c1-18-11(17)7-16(12(19-2)15-8-14)10-5-3-9(13)4-6-10/h3-6H,7H2,1-2H3. The van der Waals surface area contributed by atoms with Gasteiger partial charge >= 0.3 is 12.0 Å². The van der Waals surface area contributed by atoms with Crippen LogP contribution in [0.15, 0.2) is 29.3 Å². The van der Waals surface area contributed by atoms with Crippen LogP contribution in [0, 0.1) is 17.3 Å². The minimum Gasteiger partial charge on any atom is -0.468 e. The number of esters is 1. The highest BCUT2D eigenvalue weighted by Crippen LogP contribution is 2.16. The molecule has 0 atom stereocenters. The normalized spacial score (nSPS) is 10.5. The third kappa shape index (κ3) is 3.96. The van der Waals surface area contributed by atoms with Crippen LogP contribution in [-0.4, -0.2) is 32.8 Å². The third-order valence-corrected chi connectivity index (χ3v) is 2.21. The van der Waals surface area contributed by atoms with E-state index >= 15 is 0 Å². The average Bonchev–Trinajstić information content (AvgIpc) is 2.43. The maximum Gasteiger partial charge on any atom is 0.325 e. The van der Waals surface area contributed by atoms with Crippen molar-refractivity contribution in [3.05, 3.63) is 30.1 Å². The molecule has 1 aromatic carbocycles. The quantitative estimate of drug-likeness (QED) is 0.356. The molecule has 1 aromatic rings. The lowest BCUT2D eigenvalue weighted by atomic mass is 10.3. The van der Waals surface area contributed by atoms with Gasteiger partial charge in [0.15, 0.2) is 0 Å². The molecule has 0 aliphatic heterocycles. The Balaban J connectivity index is 3.11. The lowest BCUT2D eigenvalue weighted by Crippen LogP contribution is -2.37. The molecule has 6 nitrogen and oxygen atoms in total. The first-order valence-corrected chi connectivity index (χ1v) is 5.23. The number of hydrogen-bond donors (Lipinski definition) is 0. The average molecular weight is 265 g/mol. The molecular formula is C12H12FN3O3. The summed E-state index contributed by atoms with van der Waals surface area (Å²) in [5.74, 6) is -0.968. The van der Waals surface area contributed by atoms with Crippen molar-refractivity contribution >= 4 is 17.7 Å². The predicted molar refractivity (Wildman–Crippen MR) is 65.8 cm³/mol. The number of rotatable bonds is 3. The van der Waals surface area contributed by atoms with E-state index in [1.165, 1.54) is 43.4 Å². The summed E-state index contributed by atoms with van der Waals surface area (Å²) in [6.07, 6.45) is 1.57. The van der Waals surface area contributed by atoms with Crippen LogP contribution in [0.4, 0.5) is 10.1 Å². The van der Waals surface area contributed by atoms with Crippen molar-refractivity contribution in [1.29, 1.82) is 5.26 Å². The van der Waals surface area contributed by atoms with E-state index in [9.17, 15) is 9.18 Å². The lowest BCUT2D eigenvalue weighted by Gasteiger charge is -2.22. The SMILES string of the molecule is COC(=O)CN(C(=NC#N)OC)c1ccc(F)cc1. The number of benzene rings is 1. The number of carbonyl (C=O) groups excluding carboxylic acids is 1. The summed E-state index contributed by atoms with van der Waals surface area (Å²) < 4.78 is 22.4. The van der Waals surface area contributed by atoms with Gasteiger partial charge in [0.1, 0.15) is 12.4 Å². The highest BCUT2D eigenvalue weighted by atomic mass is 19.1. The van der Waals surface area contributed by atoms with Gasteiger partial charge in [0.25, 0.3) is 0 Å². The minimum atomic E-state index is -0.549. The second-order valence-corrected chi connectivity index (χ2v) is 3.34. The number of nitrogens with zero attached hydrogens (tertiary/aromatic N) is 3. The molecule has 0 heterocycles. The molecule has 0 aliphatic carbocycles. The maximum absolute atomic E-state index is 12.9. The molecule has 0 bridgehead atoms. The Kier molecular flexibility index (Phi) is 5.29. The number of amidine groups is 1. The number of methoxy groups -OCH3 is 2. The van der Waals surface area contributed by atoms with Crippen molar-refractivity contribution in [1.82, 2.24) is 0 Å². The summed E-state index contributed by atoms with van der Waals surface area (Å²) in [5, 5.41) is 8.58. The summed E-state index contributed by atoms with van der Waals surface area (Å²) in [7, 11) is 2.54. The summed E-state index contributed by atoms with van der Waals surface area (Å²) in [6.45, 7) is -0.212. The van der Waals surface area contributed by atoms with Crippen molar-refractivity contribution in [3.8, 4) is 6.19 Å². The largest absolute Gasteiger partial charge is 0.468 e. The van der Waals surface area contributed by atoms with Gasteiger partial charge in [0.2, 0.25) is 6.19 Å². The van der Waals surface area contributed by atoms with Crippen molar-refractivity contribution in [3.63, 3.8) is 0 Å². The lowest BCUT2D eigenvalue weighted by molar-refractivity contribution is -0.138. The summed E-state index contributed by atoms with van der Waals surface area (Å²) in [6, 6.07) is 5.23. The molecule has 7 heteroatoms. The molecule has 0 N–H and O–H groups in total. The second kappa shape index (κ2) is 6.96. The smallest absolute Gasteiger partial charge is 0.325 e. The molecule has 19 heavy (non-hydrogen) atoms. The van der Waals surface area contributed by atoms with E-state index in [1.54, 1.807) is 6.19 Å². The zero-order valence-corrected chi connectivity index (χ0v) is 10.5. The Morgan fingerprint density at radius 3 is 2.47 bits per heavy atom. The van der Waals surface area contributed by atoms with E-state index in [0.29, 0.717) is 5.69 Å². The molecule has 1 rings (SSSR count). The third-order valence-electron chi connectivity index (χ3n) is 2.21. The number of hydrogen-bond acceptors (Lipinski definition) is 5. The Morgan fingerprint density at radius 1 is 1.37 bits per heavy atom. The molecule has 0 saturated carbocycles. The molecular weight excluding hydrogens is 253 g/mol. The first-order valence-electron chi connectivity index (χ1n) is 5.23. The summed E-state index contributed by atoms with van der Waals surface area (Å²) in [5.41, 5.74) is 0.447. The molecule has 0 unspecified atom stereocenters. The van der Waals surface area contributed by atoms with Crippen molar-refractivity contribution < 1.29 is 18.7 Å². The van der Waals surface area contributed by atoms with Gasteiger partial charge in [-0.05, 0) is 24.3 Å². The van der Waals surface area contributed by atoms with Gasteiger partial charge in [-0.15, -0.1) is 4.99 Å². The van der Waals surface area contributed by atoms with Crippen LogP contribution in [0.1, 0.15) is 0 Å². The first kappa shape index (κ1) is 14.4. The molecule has 100 valence electrons. The fourth-order valence-corrected chi connectivity index (χ4v) is 1.34. The fraction of sp³-hybridized carbons (Fsp3) is 0.250. The number of aliphatic imine (C=N–C) groups is 1. The van der Waals surface area contributed by atoms with Crippen LogP contribution in [0.2, 0.25) is 0 Å². The van der Waals surface area contributed by atoms with Gasteiger partial charge in [-0.25, -0.2) is 4.39 Å². The molecule has 0 amide bonds. The number of anilines is 1. The Morgan fingerprint density at radius 2 is 2.00 bits per heavy atom. The van der Waals surface area contributed by atoms with E-state index in [1.807, 2.05) is 0 Å². The Hall–Kier alpha value is -2.62. The van der Waals surface area contributed by atoms with Crippen LogP contribution in [-0.2, 0) is 14.3 Å². The predicted octanol–water partition coefficient (Wildman–Crippen LogP) is 1.29. The minimum absolute atomic E-state index is 0.0838. The second-order valence-electron chi connectivity index (χ2n) is 3.34. The van der Waals surface area contributed by atoms with E-state index < -0.39 is 11.8 Å². The molecule has 0 fully saturated rings. The van der Waals surface area contributed by atoms with E-state index in [2.05, 4.69) is 9.73 Å². The zero-order valence-electron chi connectivity index (χ0n) is 10.5. The zero-order chi connectivity index (χ0) is 14.3. The van der Waals surface area contributed by atoms with E-state index in [4.69, 9.17) is 10.00 Å². The van der Waals surface area contributed by atoms with E-state index in [0.717, 1.165) is 0 Å².